The van der Waals surface area contributed by atoms with Crippen LogP contribution in [0.5, 0.6) is 5.75 Å². The highest BCUT2D eigenvalue weighted by Gasteiger charge is 2.28. The monoisotopic (exact) mass is 468 g/mol. The number of anilines is 1. The molecule has 2 N–H and O–H groups in total. The van der Waals surface area contributed by atoms with E-state index in [0.717, 1.165) is 36.3 Å². The lowest BCUT2D eigenvalue weighted by Gasteiger charge is -2.35. The van der Waals surface area contributed by atoms with E-state index in [-0.39, 0.29) is 17.2 Å². The fourth-order valence-electron chi connectivity index (χ4n) is 4.43. The minimum Gasteiger partial charge on any atom is -0.497 e. The van der Waals surface area contributed by atoms with Gasteiger partial charge in [-0.3, -0.25) is 9.59 Å². The third-order valence-corrected chi connectivity index (χ3v) is 6.15. The zero-order valence-electron chi connectivity index (χ0n) is 20.8. The topological polar surface area (TPSA) is 67.4 Å². The lowest BCUT2D eigenvalue weighted by Crippen LogP contribution is -2.43. The van der Waals surface area contributed by atoms with Gasteiger partial charge in [0.05, 0.1) is 7.11 Å². The van der Waals surface area contributed by atoms with Crippen LogP contribution in [0.3, 0.4) is 0 Å². The van der Waals surface area contributed by atoms with Gasteiger partial charge in [-0.15, -0.1) is 0 Å². The van der Waals surface area contributed by atoms with Crippen LogP contribution in [-0.4, -0.2) is 24.3 Å². The fraction of sp³-hybridized carbons (Fsp3) is 0.267. The van der Waals surface area contributed by atoms with Crippen molar-refractivity contribution in [2.24, 2.45) is 0 Å². The molecule has 4 rings (SSSR count). The predicted molar refractivity (Wildman–Crippen MR) is 141 cm³/mol. The number of aryl methyl sites for hydroxylation is 1. The first-order valence-electron chi connectivity index (χ1n) is 12.0. The van der Waals surface area contributed by atoms with E-state index in [1.54, 1.807) is 37.5 Å². The average molecular weight is 469 g/mol. The van der Waals surface area contributed by atoms with Crippen LogP contribution in [0.15, 0.2) is 72.8 Å². The number of ether oxygens (including phenoxy) is 1. The van der Waals surface area contributed by atoms with E-state index in [1.165, 1.54) is 11.1 Å². The molecular formula is C30H32N2O3. The Morgan fingerprint density at radius 3 is 2.51 bits per heavy atom. The number of nitrogens with one attached hydrogen (secondary N) is 2. The zero-order valence-corrected chi connectivity index (χ0v) is 20.8. The molecule has 35 heavy (non-hydrogen) atoms. The molecule has 180 valence electrons. The van der Waals surface area contributed by atoms with E-state index in [0.29, 0.717) is 16.8 Å². The summed E-state index contributed by atoms with van der Waals surface area (Å²) in [7, 11) is 1.63. The summed E-state index contributed by atoms with van der Waals surface area (Å²) in [6.45, 7) is 6.36. The molecule has 1 aliphatic heterocycles. The molecule has 0 saturated carbocycles. The summed E-state index contributed by atoms with van der Waals surface area (Å²) < 4.78 is 5.40. The Morgan fingerprint density at radius 1 is 1.03 bits per heavy atom. The van der Waals surface area contributed by atoms with Gasteiger partial charge in [-0.1, -0.05) is 43.7 Å². The number of amides is 1. The number of carbonyl (C=O) groups excluding carboxylic acids is 2. The molecule has 1 aliphatic rings. The minimum absolute atomic E-state index is 0.140. The van der Waals surface area contributed by atoms with Gasteiger partial charge in [0.25, 0.3) is 5.91 Å². The first kappa shape index (κ1) is 24.3. The Morgan fingerprint density at radius 2 is 1.80 bits per heavy atom. The van der Waals surface area contributed by atoms with Crippen LogP contribution in [0.25, 0.3) is 5.70 Å². The van der Waals surface area contributed by atoms with Crippen molar-refractivity contribution < 1.29 is 14.3 Å². The maximum atomic E-state index is 13.2. The van der Waals surface area contributed by atoms with Crippen molar-refractivity contribution in [3.8, 4) is 5.75 Å². The molecule has 0 unspecified atom stereocenters. The number of fused-ring (bicyclic) bond motifs is 1. The van der Waals surface area contributed by atoms with Crippen molar-refractivity contribution >= 4 is 23.1 Å². The average Bonchev–Trinajstić information content (AvgIpc) is 2.84. The molecule has 0 aromatic heterocycles. The molecule has 0 bridgehead atoms. The number of methoxy groups -OCH3 is 1. The van der Waals surface area contributed by atoms with E-state index in [4.69, 9.17) is 4.74 Å². The van der Waals surface area contributed by atoms with Crippen LogP contribution in [0, 0.1) is 0 Å². The molecule has 1 heterocycles. The summed E-state index contributed by atoms with van der Waals surface area (Å²) in [5, 5.41) is 6.41. The third kappa shape index (κ3) is 5.80. The molecule has 0 spiro atoms. The molecule has 5 nitrogen and oxygen atoms in total. The lowest BCUT2D eigenvalue weighted by molar-refractivity contribution is 0.102. The second-order valence-electron chi connectivity index (χ2n) is 9.61. The Kier molecular flexibility index (Phi) is 7.06. The highest BCUT2D eigenvalue weighted by Crippen LogP contribution is 2.32. The lowest BCUT2D eigenvalue weighted by atomic mass is 9.85. The number of carbonyl (C=O) groups is 2. The molecule has 0 atom stereocenters. The van der Waals surface area contributed by atoms with E-state index >= 15 is 0 Å². The van der Waals surface area contributed by atoms with Gasteiger partial charge in [0.2, 0.25) is 0 Å². The van der Waals surface area contributed by atoms with E-state index in [9.17, 15) is 9.59 Å². The predicted octanol–water partition coefficient (Wildman–Crippen LogP) is 6.05. The quantitative estimate of drug-likeness (QED) is 0.327. The molecule has 0 radical (unpaired) electrons. The summed E-state index contributed by atoms with van der Waals surface area (Å²) in [5.41, 5.74) is 5.59. The molecule has 0 saturated heterocycles. The van der Waals surface area contributed by atoms with Crippen molar-refractivity contribution in [2.45, 2.75) is 45.6 Å². The van der Waals surface area contributed by atoms with Gasteiger partial charge in [-0.05, 0) is 74.2 Å². The summed E-state index contributed by atoms with van der Waals surface area (Å²) in [6.07, 6.45) is 4.53. The molecule has 0 fully saturated rings. The minimum atomic E-state index is -0.201. The van der Waals surface area contributed by atoms with Crippen LogP contribution >= 0.6 is 0 Å². The van der Waals surface area contributed by atoms with Gasteiger partial charge < -0.3 is 15.4 Å². The Balaban J connectivity index is 1.56. The largest absolute Gasteiger partial charge is 0.497 e. The number of rotatable bonds is 7. The zero-order chi connectivity index (χ0) is 25.0. The number of hydrogen-bond donors (Lipinski definition) is 2. The molecule has 1 amide bonds. The highest BCUT2D eigenvalue weighted by atomic mass is 16.5. The van der Waals surface area contributed by atoms with Crippen LogP contribution in [0.2, 0.25) is 0 Å². The Hall–Kier alpha value is -3.86. The van der Waals surface area contributed by atoms with Crippen LogP contribution < -0.4 is 15.4 Å². The first-order valence-corrected chi connectivity index (χ1v) is 12.0. The van der Waals surface area contributed by atoms with Crippen molar-refractivity contribution in [3.05, 3.63) is 101 Å². The van der Waals surface area contributed by atoms with E-state index in [1.807, 2.05) is 36.4 Å². The maximum absolute atomic E-state index is 13.2. The molecule has 5 heteroatoms. The number of hydrogen-bond acceptors (Lipinski definition) is 4. The van der Waals surface area contributed by atoms with Crippen LogP contribution in [0.4, 0.5) is 5.69 Å². The molecule has 0 aliphatic carbocycles. The number of ketones is 1. The normalized spacial score (nSPS) is 15.1. The van der Waals surface area contributed by atoms with Gasteiger partial charge in [0.15, 0.2) is 5.78 Å². The molecule has 3 aromatic carbocycles. The number of allylic oxidation sites excluding steroid dienone is 1. The van der Waals surface area contributed by atoms with E-state index in [2.05, 4.69) is 37.5 Å². The van der Waals surface area contributed by atoms with Gasteiger partial charge >= 0.3 is 0 Å². The maximum Gasteiger partial charge on any atom is 0.255 e. The summed E-state index contributed by atoms with van der Waals surface area (Å²) in [6, 6.07) is 20.6. The Bertz CT molecular complexity index is 1270. The SMILES string of the molecule is CCCc1ccc(C(=O)Nc2cccc(C(=O)/C=C3\NC(C)(C)Cc4ccc(OC)cc43)c2)cc1. The first-order chi connectivity index (χ1) is 16.8. The van der Waals surface area contributed by atoms with Crippen molar-refractivity contribution in [3.63, 3.8) is 0 Å². The smallest absolute Gasteiger partial charge is 0.255 e. The van der Waals surface area contributed by atoms with Crippen molar-refractivity contribution in [2.75, 3.05) is 12.4 Å². The fourth-order valence-corrected chi connectivity index (χ4v) is 4.43. The highest BCUT2D eigenvalue weighted by molar-refractivity contribution is 6.10. The number of benzene rings is 3. The van der Waals surface area contributed by atoms with Gasteiger partial charge in [0, 0.05) is 39.7 Å². The molecule has 3 aromatic rings. The summed E-state index contributed by atoms with van der Waals surface area (Å²) in [5.74, 6) is 0.405. The summed E-state index contributed by atoms with van der Waals surface area (Å²) >= 11 is 0. The third-order valence-electron chi connectivity index (χ3n) is 6.15. The van der Waals surface area contributed by atoms with Crippen molar-refractivity contribution in [1.82, 2.24) is 5.32 Å². The Labute approximate surface area is 207 Å². The van der Waals surface area contributed by atoms with Gasteiger partial charge in [-0.2, -0.15) is 0 Å². The van der Waals surface area contributed by atoms with Gasteiger partial charge in [-0.25, -0.2) is 0 Å². The second kappa shape index (κ2) is 10.2. The van der Waals surface area contributed by atoms with Crippen molar-refractivity contribution in [1.29, 1.82) is 0 Å². The standard InChI is InChI=1S/C30H32N2O3/c1-5-7-20-10-12-21(13-11-20)29(34)31-24-9-6-8-22(16-24)28(33)18-27-26-17-25(35-4)15-14-23(26)19-30(2,3)32-27/h6,8-18,32H,5,7,19H2,1-4H3,(H,31,34)/b27-18-. The van der Waals surface area contributed by atoms with E-state index < -0.39 is 0 Å². The molecular weight excluding hydrogens is 436 g/mol. The van der Waals surface area contributed by atoms with Gasteiger partial charge in [0.1, 0.15) is 5.75 Å². The van der Waals surface area contributed by atoms with Crippen LogP contribution in [-0.2, 0) is 12.8 Å². The summed E-state index contributed by atoms with van der Waals surface area (Å²) in [4.78, 5) is 26.0. The van der Waals surface area contributed by atoms with Crippen LogP contribution in [0.1, 0.15) is 64.6 Å². The second-order valence-corrected chi connectivity index (χ2v) is 9.61.